The van der Waals surface area contributed by atoms with E-state index in [4.69, 9.17) is 10.5 Å². The second-order valence-electron chi connectivity index (χ2n) is 12.0. The van der Waals surface area contributed by atoms with Crippen LogP contribution in [0.15, 0.2) is 24.4 Å². The zero-order valence-electron chi connectivity index (χ0n) is 23.3. The molecule has 1 amide bonds. The molecule has 1 saturated carbocycles. The van der Waals surface area contributed by atoms with Gasteiger partial charge in [0.1, 0.15) is 16.8 Å². The summed E-state index contributed by atoms with van der Waals surface area (Å²) in [6.07, 6.45) is 8.12. The Balaban J connectivity index is 1.17. The van der Waals surface area contributed by atoms with Gasteiger partial charge in [0.2, 0.25) is 5.95 Å². The highest BCUT2D eigenvalue weighted by Crippen LogP contribution is 2.41. The molecule has 0 radical (unpaired) electrons. The van der Waals surface area contributed by atoms with Crippen LogP contribution in [0, 0.1) is 11.3 Å². The van der Waals surface area contributed by atoms with E-state index < -0.39 is 0 Å². The molecule has 2 saturated heterocycles. The number of hydrogen-bond acceptors (Lipinski definition) is 8. The molecule has 1 spiro atoms. The zero-order valence-corrected chi connectivity index (χ0v) is 23.3. The Kier molecular flexibility index (Phi) is 6.82. The lowest BCUT2D eigenvalue weighted by Crippen LogP contribution is -2.73. The first-order valence-corrected chi connectivity index (χ1v) is 14.3. The first kappa shape index (κ1) is 25.9. The summed E-state index contributed by atoms with van der Waals surface area (Å²) in [5.41, 5.74) is 9.42. The number of aromatic nitrogens is 4. The standard InChI is InChI=1S/C29H40N8O2/c1-19(2)35-15-29(16-35)17-36(18-29)27(38)21-9-10-22(24(11-21)39-3)14-37-25-23(13-32-37)33-28(30)34-26(25)31-12-20-7-5-4-6-8-20/h9-11,13,19-20H,4-8,12,14-18H2,1-3H3,(H3,30,31,33,34). The zero-order chi connectivity index (χ0) is 27.1. The second kappa shape index (κ2) is 10.3. The lowest BCUT2D eigenvalue weighted by atomic mass is 9.72. The maximum atomic E-state index is 13.2. The summed E-state index contributed by atoms with van der Waals surface area (Å²) >= 11 is 0. The minimum atomic E-state index is 0.0658. The number of likely N-dealkylation sites (tertiary alicyclic amines) is 2. The van der Waals surface area contributed by atoms with Crippen molar-refractivity contribution < 1.29 is 9.53 Å². The summed E-state index contributed by atoms with van der Waals surface area (Å²) in [5, 5.41) is 8.14. The molecule has 3 fully saturated rings. The Morgan fingerprint density at radius 1 is 1.15 bits per heavy atom. The van der Waals surface area contributed by atoms with Crippen LogP contribution in [-0.4, -0.2) is 81.3 Å². The minimum Gasteiger partial charge on any atom is -0.496 e. The van der Waals surface area contributed by atoms with Crippen LogP contribution in [-0.2, 0) is 6.54 Å². The van der Waals surface area contributed by atoms with Crippen LogP contribution in [0.5, 0.6) is 5.75 Å². The van der Waals surface area contributed by atoms with E-state index in [-0.39, 0.29) is 11.9 Å². The Bertz CT molecular complexity index is 1350. The van der Waals surface area contributed by atoms with Gasteiger partial charge >= 0.3 is 0 Å². The highest BCUT2D eigenvalue weighted by molar-refractivity contribution is 5.95. The Morgan fingerprint density at radius 2 is 1.92 bits per heavy atom. The van der Waals surface area contributed by atoms with Crippen LogP contribution in [0.3, 0.4) is 0 Å². The number of carbonyl (C=O) groups excluding carboxylic acids is 1. The number of fused-ring (bicyclic) bond motifs is 1. The smallest absolute Gasteiger partial charge is 0.254 e. The maximum absolute atomic E-state index is 13.2. The number of nitrogen functional groups attached to an aromatic ring is 1. The van der Waals surface area contributed by atoms with Gasteiger partial charge in [-0.3, -0.25) is 14.4 Å². The predicted octanol–water partition coefficient (Wildman–Crippen LogP) is 3.62. The van der Waals surface area contributed by atoms with Crippen molar-refractivity contribution in [3.63, 3.8) is 0 Å². The number of ether oxygens (including phenoxy) is 1. The third-order valence-corrected chi connectivity index (χ3v) is 8.79. The van der Waals surface area contributed by atoms with Crippen LogP contribution in [0.1, 0.15) is 61.9 Å². The molecule has 39 heavy (non-hydrogen) atoms. The first-order valence-electron chi connectivity index (χ1n) is 14.3. The van der Waals surface area contributed by atoms with Gasteiger partial charge in [0.15, 0.2) is 5.82 Å². The molecular weight excluding hydrogens is 492 g/mol. The van der Waals surface area contributed by atoms with E-state index in [1.807, 2.05) is 27.8 Å². The fourth-order valence-corrected chi connectivity index (χ4v) is 6.53. The number of benzene rings is 1. The summed E-state index contributed by atoms with van der Waals surface area (Å²) < 4.78 is 7.62. The predicted molar refractivity (Wildman–Crippen MR) is 152 cm³/mol. The van der Waals surface area contributed by atoms with E-state index in [1.54, 1.807) is 13.3 Å². The van der Waals surface area contributed by atoms with Crippen molar-refractivity contribution in [3.8, 4) is 5.75 Å². The molecule has 10 heteroatoms. The van der Waals surface area contributed by atoms with E-state index >= 15 is 0 Å². The molecule has 10 nitrogen and oxygen atoms in total. The van der Waals surface area contributed by atoms with Crippen molar-refractivity contribution >= 4 is 28.7 Å². The molecule has 3 N–H and O–H groups in total. The van der Waals surface area contributed by atoms with Crippen molar-refractivity contribution in [1.29, 1.82) is 0 Å². The van der Waals surface area contributed by atoms with Crippen LogP contribution < -0.4 is 15.8 Å². The molecule has 2 aliphatic heterocycles. The summed E-state index contributed by atoms with van der Waals surface area (Å²) in [6.45, 7) is 9.62. The number of nitrogens with one attached hydrogen (secondary N) is 1. The summed E-state index contributed by atoms with van der Waals surface area (Å²) in [5.74, 6) is 2.33. The molecule has 208 valence electrons. The van der Waals surface area contributed by atoms with Crippen molar-refractivity contribution in [2.24, 2.45) is 11.3 Å². The number of carbonyl (C=O) groups is 1. The van der Waals surface area contributed by atoms with Crippen LogP contribution in [0.4, 0.5) is 11.8 Å². The molecule has 3 aliphatic rings. The van der Waals surface area contributed by atoms with Crippen molar-refractivity contribution in [1.82, 2.24) is 29.5 Å². The Hall–Kier alpha value is -3.40. The second-order valence-corrected chi connectivity index (χ2v) is 12.0. The number of methoxy groups -OCH3 is 1. The molecule has 6 rings (SSSR count). The molecular formula is C29H40N8O2. The highest BCUT2D eigenvalue weighted by atomic mass is 16.5. The van der Waals surface area contributed by atoms with Gasteiger partial charge in [-0.15, -0.1) is 0 Å². The Labute approximate surface area is 229 Å². The van der Waals surface area contributed by atoms with E-state index in [1.165, 1.54) is 32.1 Å². The average molecular weight is 533 g/mol. The molecule has 4 heterocycles. The number of hydrogen-bond donors (Lipinski definition) is 2. The van der Waals surface area contributed by atoms with Gasteiger partial charge in [0.25, 0.3) is 5.91 Å². The normalized spacial score (nSPS) is 19.3. The Morgan fingerprint density at radius 3 is 2.64 bits per heavy atom. The van der Waals surface area contributed by atoms with Gasteiger partial charge < -0.3 is 20.7 Å². The number of amides is 1. The van der Waals surface area contributed by atoms with Crippen molar-refractivity contribution in [2.75, 3.05) is 50.9 Å². The monoisotopic (exact) mass is 532 g/mol. The summed E-state index contributed by atoms with van der Waals surface area (Å²) in [6, 6.07) is 6.28. The SMILES string of the molecule is COc1cc(C(=O)N2CC3(C2)CN(C(C)C)C3)ccc1Cn1ncc2nc(N)nc(NCC3CCCCC3)c21. The topological polar surface area (TPSA) is 114 Å². The number of anilines is 2. The van der Waals surface area contributed by atoms with Gasteiger partial charge in [-0.2, -0.15) is 10.1 Å². The van der Waals surface area contributed by atoms with Crippen molar-refractivity contribution in [2.45, 2.75) is 58.5 Å². The molecule has 0 bridgehead atoms. The fourth-order valence-electron chi connectivity index (χ4n) is 6.53. The quantitative estimate of drug-likeness (QED) is 0.452. The van der Waals surface area contributed by atoms with Gasteiger partial charge in [-0.1, -0.05) is 25.3 Å². The van der Waals surface area contributed by atoms with Gasteiger partial charge in [-0.05, 0) is 44.7 Å². The van der Waals surface area contributed by atoms with Crippen molar-refractivity contribution in [3.05, 3.63) is 35.5 Å². The van der Waals surface area contributed by atoms with E-state index in [2.05, 4.69) is 39.1 Å². The molecule has 0 unspecified atom stereocenters. The fraction of sp³-hybridized carbons (Fsp3) is 0.586. The summed E-state index contributed by atoms with van der Waals surface area (Å²) in [7, 11) is 1.64. The highest BCUT2D eigenvalue weighted by Gasteiger charge is 2.53. The van der Waals surface area contributed by atoms with E-state index in [0.717, 1.165) is 43.8 Å². The van der Waals surface area contributed by atoms with Crippen LogP contribution in [0.2, 0.25) is 0 Å². The molecule has 1 aliphatic carbocycles. The van der Waals surface area contributed by atoms with E-state index in [0.29, 0.717) is 46.6 Å². The lowest BCUT2D eigenvalue weighted by molar-refractivity contribution is -0.110. The molecule has 0 atom stereocenters. The minimum absolute atomic E-state index is 0.0658. The summed E-state index contributed by atoms with van der Waals surface area (Å²) in [4.78, 5) is 26.6. The first-order chi connectivity index (χ1) is 18.8. The van der Waals surface area contributed by atoms with Gasteiger partial charge in [0.05, 0.1) is 19.9 Å². The number of nitrogens with zero attached hydrogens (tertiary/aromatic N) is 6. The van der Waals surface area contributed by atoms with Gasteiger partial charge in [-0.25, -0.2) is 4.98 Å². The lowest BCUT2D eigenvalue weighted by Gasteiger charge is -2.61. The molecule has 2 aromatic heterocycles. The van der Waals surface area contributed by atoms with E-state index in [9.17, 15) is 4.79 Å². The van der Waals surface area contributed by atoms with Gasteiger partial charge in [0, 0.05) is 55.3 Å². The van der Waals surface area contributed by atoms with Crippen LogP contribution >= 0.6 is 0 Å². The average Bonchev–Trinajstić information content (AvgIpc) is 3.28. The van der Waals surface area contributed by atoms with Crippen LogP contribution in [0.25, 0.3) is 11.0 Å². The maximum Gasteiger partial charge on any atom is 0.254 e. The molecule has 3 aromatic rings. The number of rotatable bonds is 8. The number of nitrogens with two attached hydrogens (primary N) is 1. The molecule has 1 aromatic carbocycles. The third-order valence-electron chi connectivity index (χ3n) is 8.79. The third kappa shape index (κ3) is 5.02. The largest absolute Gasteiger partial charge is 0.496 e.